The Kier molecular flexibility index (Phi) is 8.06. The first-order chi connectivity index (χ1) is 15.8. The number of nitrogens with one attached hydrogen (secondary N) is 1. The Balaban J connectivity index is 1.98. The molecule has 0 fully saturated rings. The van der Waals surface area contributed by atoms with E-state index in [1.165, 1.54) is 0 Å². The molecule has 0 saturated carbocycles. The number of aromatic nitrogens is 2. The van der Waals surface area contributed by atoms with Gasteiger partial charge in [0.15, 0.2) is 0 Å². The van der Waals surface area contributed by atoms with Crippen LogP contribution in [0.5, 0.6) is 0 Å². The number of carbonyl (C=O) groups excluding carboxylic acids is 1. The lowest BCUT2D eigenvalue weighted by atomic mass is 10.2. The molecule has 0 aliphatic carbocycles. The fraction of sp³-hybridized carbons (Fsp3) is 0.280. The largest absolute Gasteiger partial charge is 0.336 e. The maximum Gasteiger partial charge on any atom is 0.318 e. The molecule has 1 N–H and O–H groups in total. The zero-order valence-corrected chi connectivity index (χ0v) is 19.8. The molecule has 0 bridgehead atoms. The summed E-state index contributed by atoms with van der Waals surface area (Å²) >= 11 is 0. The van der Waals surface area contributed by atoms with Crippen molar-refractivity contribution in [3.8, 4) is 0 Å². The van der Waals surface area contributed by atoms with Crippen LogP contribution in [0.25, 0.3) is 0 Å². The third-order valence-electron chi connectivity index (χ3n) is 4.96. The maximum absolute atomic E-state index is 13.3. The second-order valence-corrected chi connectivity index (χ2v) is 10.0. The van der Waals surface area contributed by atoms with Crippen molar-refractivity contribution in [3.05, 3.63) is 96.3 Å². The molecule has 0 spiro atoms. The molecule has 1 aromatic heterocycles. The first-order valence-corrected chi connectivity index (χ1v) is 12.5. The smallest absolute Gasteiger partial charge is 0.318 e. The fourth-order valence-corrected chi connectivity index (χ4v) is 4.96. The molecule has 0 unspecified atom stereocenters. The number of sulfone groups is 1. The normalized spacial score (nSPS) is 11.4. The number of amides is 2. The highest BCUT2D eigenvalue weighted by molar-refractivity contribution is 7.90. The summed E-state index contributed by atoms with van der Waals surface area (Å²) in [5.74, 6) is -0.150. The molecule has 3 rings (SSSR count). The topological polar surface area (TPSA) is 84.3 Å². The van der Waals surface area contributed by atoms with Crippen molar-refractivity contribution in [2.45, 2.75) is 43.9 Å². The van der Waals surface area contributed by atoms with Gasteiger partial charge in [0.1, 0.15) is 0 Å². The number of rotatable bonds is 10. The summed E-state index contributed by atoms with van der Waals surface area (Å²) in [5, 5.41) is 2.87. The summed E-state index contributed by atoms with van der Waals surface area (Å²) in [4.78, 5) is 18.6. The molecule has 0 radical (unpaired) electrons. The van der Waals surface area contributed by atoms with Gasteiger partial charge in [0.2, 0.25) is 15.0 Å². The van der Waals surface area contributed by atoms with E-state index in [0.29, 0.717) is 24.3 Å². The molecular formula is C25H30N4O3S. The molecule has 33 heavy (non-hydrogen) atoms. The molecule has 174 valence electrons. The molecule has 0 saturated heterocycles. The van der Waals surface area contributed by atoms with Gasteiger partial charge in [0.05, 0.1) is 30.7 Å². The number of hydrogen-bond acceptors (Lipinski definition) is 4. The number of nitrogens with zero attached hydrogens (tertiary/aromatic N) is 3. The standard InChI is InChI=1S/C25H30N4O3S/c1-4-15-28(24(30)27-20(2)3)18-23-16-26-25(29(23)17-21-11-7-5-8-12-21)33(31,32)19-22-13-9-6-10-14-22/h4-14,16,20H,1,15,17-19H2,2-3H3,(H,27,30). The summed E-state index contributed by atoms with van der Waals surface area (Å²) in [7, 11) is -3.72. The first-order valence-electron chi connectivity index (χ1n) is 10.8. The van der Waals surface area contributed by atoms with Crippen molar-refractivity contribution in [3.63, 3.8) is 0 Å². The molecule has 2 aromatic carbocycles. The van der Waals surface area contributed by atoms with Gasteiger partial charge in [-0.05, 0) is 25.0 Å². The average molecular weight is 467 g/mol. The minimum atomic E-state index is -3.72. The van der Waals surface area contributed by atoms with Gasteiger partial charge in [-0.1, -0.05) is 66.7 Å². The van der Waals surface area contributed by atoms with Crippen molar-refractivity contribution in [1.82, 2.24) is 19.8 Å². The van der Waals surface area contributed by atoms with E-state index >= 15 is 0 Å². The summed E-state index contributed by atoms with van der Waals surface area (Å²) in [5.41, 5.74) is 2.26. The molecule has 0 atom stereocenters. The van der Waals surface area contributed by atoms with Crippen molar-refractivity contribution in [1.29, 1.82) is 0 Å². The van der Waals surface area contributed by atoms with Gasteiger partial charge in [-0.3, -0.25) is 0 Å². The van der Waals surface area contributed by atoms with E-state index in [1.54, 1.807) is 33.9 Å². The molecule has 2 amide bonds. The Morgan fingerprint density at radius 3 is 2.27 bits per heavy atom. The summed E-state index contributed by atoms with van der Waals surface area (Å²) in [6, 6.07) is 18.4. The quantitative estimate of drug-likeness (QED) is 0.458. The van der Waals surface area contributed by atoms with Crippen LogP contribution in [0, 0.1) is 0 Å². The molecular weight excluding hydrogens is 436 g/mol. The van der Waals surface area contributed by atoms with Crippen LogP contribution in [0.1, 0.15) is 30.7 Å². The van der Waals surface area contributed by atoms with Crippen LogP contribution in [0.2, 0.25) is 0 Å². The third-order valence-corrected chi connectivity index (χ3v) is 6.56. The Morgan fingerprint density at radius 2 is 1.70 bits per heavy atom. The SMILES string of the molecule is C=CCN(Cc1cnc(S(=O)(=O)Cc2ccccc2)n1Cc1ccccc1)C(=O)NC(C)C. The van der Waals surface area contributed by atoms with Gasteiger partial charge >= 0.3 is 6.03 Å². The number of benzene rings is 2. The van der Waals surface area contributed by atoms with Crippen LogP contribution >= 0.6 is 0 Å². The predicted molar refractivity (Wildman–Crippen MR) is 129 cm³/mol. The van der Waals surface area contributed by atoms with Gasteiger partial charge in [0.25, 0.3) is 0 Å². The Labute approximate surface area is 195 Å². The number of urea groups is 1. The second-order valence-electron chi connectivity index (χ2n) is 8.12. The monoisotopic (exact) mass is 466 g/mol. The third kappa shape index (κ3) is 6.55. The van der Waals surface area contributed by atoms with E-state index in [0.717, 1.165) is 5.56 Å². The molecule has 3 aromatic rings. The highest BCUT2D eigenvalue weighted by Crippen LogP contribution is 2.20. The van der Waals surface area contributed by atoms with Gasteiger partial charge in [-0.15, -0.1) is 6.58 Å². The van der Waals surface area contributed by atoms with E-state index in [1.807, 2.05) is 62.4 Å². The van der Waals surface area contributed by atoms with Crippen LogP contribution in [0.15, 0.2) is 84.7 Å². The fourth-order valence-electron chi connectivity index (χ4n) is 3.47. The average Bonchev–Trinajstić information content (AvgIpc) is 3.17. The number of imidazole rings is 1. The zero-order valence-electron chi connectivity index (χ0n) is 19.0. The van der Waals surface area contributed by atoms with Crippen molar-refractivity contribution in [2.24, 2.45) is 0 Å². The van der Waals surface area contributed by atoms with E-state index in [2.05, 4.69) is 16.9 Å². The first kappa shape index (κ1) is 24.3. The number of carbonyl (C=O) groups is 1. The lowest BCUT2D eigenvalue weighted by Crippen LogP contribution is -2.43. The molecule has 7 nitrogen and oxygen atoms in total. The minimum absolute atomic E-state index is 0.00646. The van der Waals surface area contributed by atoms with Crippen LogP contribution < -0.4 is 5.32 Å². The van der Waals surface area contributed by atoms with E-state index < -0.39 is 9.84 Å². The zero-order chi connectivity index (χ0) is 23.8. The minimum Gasteiger partial charge on any atom is -0.336 e. The predicted octanol–water partition coefficient (Wildman–Crippen LogP) is 4.01. The molecule has 0 aliphatic heterocycles. The van der Waals surface area contributed by atoms with Crippen LogP contribution in [0.4, 0.5) is 4.79 Å². The van der Waals surface area contributed by atoms with E-state index in [-0.39, 0.29) is 29.5 Å². The number of hydrogen-bond donors (Lipinski definition) is 1. The lowest BCUT2D eigenvalue weighted by molar-refractivity contribution is 0.197. The van der Waals surface area contributed by atoms with Crippen LogP contribution in [-0.4, -0.2) is 41.5 Å². The summed E-state index contributed by atoms with van der Waals surface area (Å²) in [6.07, 6.45) is 3.18. The Hall–Kier alpha value is -3.39. The molecule has 1 heterocycles. The Bertz CT molecular complexity index is 1170. The second kappa shape index (κ2) is 11.0. The van der Waals surface area contributed by atoms with Crippen molar-refractivity contribution < 1.29 is 13.2 Å². The summed E-state index contributed by atoms with van der Waals surface area (Å²) < 4.78 is 28.3. The highest BCUT2D eigenvalue weighted by atomic mass is 32.2. The van der Waals surface area contributed by atoms with E-state index in [9.17, 15) is 13.2 Å². The summed E-state index contributed by atoms with van der Waals surface area (Å²) in [6.45, 7) is 8.37. The van der Waals surface area contributed by atoms with Gasteiger partial charge in [-0.25, -0.2) is 18.2 Å². The lowest BCUT2D eigenvalue weighted by Gasteiger charge is -2.24. The van der Waals surface area contributed by atoms with Crippen LogP contribution in [0.3, 0.4) is 0 Å². The Morgan fingerprint density at radius 1 is 1.09 bits per heavy atom. The van der Waals surface area contributed by atoms with Crippen LogP contribution in [-0.2, 0) is 28.7 Å². The maximum atomic E-state index is 13.3. The van der Waals surface area contributed by atoms with Crippen molar-refractivity contribution in [2.75, 3.05) is 6.54 Å². The van der Waals surface area contributed by atoms with Gasteiger partial charge in [-0.2, -0.15) is 0 Å². The van der Waals surface area contributed by atoms with Gasteiger partial charge < -0.3 is 14.8 Å². The highest BCUT2D eigenvalue weighted by Gasteiger charge is 2.25. The molecule has 0 aliphatic rings. The molecule has 8 heteroatoms. The van der Waals surface area contributed by atoms with E-state index in [4.69, 9.17) is 0 Å². The van der Waals surface area contributed by atoms with Gasteiger partial charge in [0, 0.05) is 12.6 Å². The van der Waals surface area contributed by atoms with Crippen molar-refractivity contribution >= 4 is 15.9 Å².